The van der Waals surface area contributed by atoms with Gasteiger partial charge in [0.05, 0.1) is 31.5 Å². The topological polar surface area (TPSA) is 107 Å². The molecule has 2 unspecified atom stereocenters. The molecule has 2 heterocycles. The van der Waals surface area contributed by atoms with Crippen LogP contribution in [0.4, 0.5) is 0 Å². The van der Waals surface area contributed by atoms with Gasteiger partial charge >= 0.3 is 5.97 Å². The van der Waals surface area contributed by atoms with Gasteiger partial charge in [0.2, 0.25) is 0 Å². The second kappa shape index (κ2) is 9.26. The number of hydrogen-bond acceptors (Lipinski definition) is 6. The standard InChI is InChI=1S/C24H29N3O5/c1-14-10-15(2)20(31-3)11-18(14)23(28)21(32-16-6-4-5-7-16)13-27-12-19-22(26-27)17(24(29)30)8-9-25-19/h8-12,16,21,23,28H,4-7,13H2,1-3H3,(H,29,30). The minimum Gasteiger partial charge on any atom is -0.496 e. The molecule has 0 bridgehead atoms. The number of benzene rings is 1. The molecule has 1 aliphatic carbocycles. The highest BCUT2D eigenvalue weighted by atomic mass is 16.5. The maximum atomic E-state index is 11.5. The molecule has 2 atom stereocenters. The summed E-state index contributed by atoms with van der Waals surface area (Å²) in [5.41, 5.74) is 3.61. The number of pyridine rings is 1. The largest absolute Gasteiger partial charge is 0.496 e. The quantitative estimate of drug-likeness (QED) is 0.549. The maximum Gasteiger partial charge on any atom is 0.338 e. The number of aromatic carboxylic acids is 1. The number of carboxylic acid groups (broad SMARTS) is 1. The zero-order valence-corrected chi connectivity index (χ0v) is 18.6. The van der Waals surface area contributed by atoms with E-state index >= 15 is 0 Å². The summed E-state index contributed by atoms with van der Waals surface area (Å²) >= 11 is 0. The van der Waals surface area contributed by atoms with Crippen LogP contribution >= 0.6 is 0 Å². The molecule has 8 heteroatoms. The van der Waals surface area contributed by atoms with Crippen molar-refractivity contribution in [1.82, 2.24) is 14.8 Å². The Hall–Kier alpha value is -2.97. The first-order chi connectivity index (χ1) is 15.4. The van der Waals surface area contributed by atoms with Gasteiger partial charge in [0, 0.05) is 6.20 Å². The van der Waals surface area contributed by atoms with E-state index in [2.05, 4.69) is 10.1 Å². The van der Waals surface area contributed by atoms with Crippen LogP contribution in [0, 0.1) is 13.8 Å². The highest BCUT2D eigenvalue weighted by molar-refractivity contribution is 6.00. The number of aromatic nitrogens is 3. The van der Waals surface area contributed by atoms with Crippen molar-refractivity contribution >= 4 is 17.0 Å². The molecule has 0 spiro atoms. The van der Waals surface area contributed by atoms with Gasteiger partial charge in [0.1, 0.15) is 29.0 Å². The number of rotatable bonds is 8. The van der Waals surface area contributed by atoms with Crippen LogP contribution in [0.3, 0.4) is 0 Å². The molecule has 1 saturated carbocycles. The van der Waals surface area contributed by atoms with Crippen molar-refractivity contribution in [3.8, 4) is 5.75 Å². The maximum absolute atomic E-state index is 11.5. The van der Waals surface area contributed by atoms with Crippen molar-refractivity contribution in [3.63, 3.8) is 0 Å². The van der Waals surface area contributed by atoms with Gasteiger partial charge in [0.15, 0.2) is 0 Å². The van der Waals surface area contributed by atoms with Crippen LogP contribution in [-0.2, 0) is 11.3 Å². The fraction of sp³-hybridized carbons (Fsp3) is 0.458. The number of carbonyl (C=O) groups is 1. The third kappa shape index (κ3) is 4.47. The van der Waals surface area contributed by atoms with Crippen LogP contribution in [0.1, 0.15) is 58.8 Å². The van der Waals surface area contributed by atoms with E-state index in [1.165, 1.54) is 12.3 Å². The zero-order valence-electron chi connectivity index (χ0n) is 18.6. The van der Waals surface area contributed by atoms with E-state index in [1.807, 2.05) is 26.0 Å². The van der Waals surface area contributed by atoms with E-state index in [0.717, 1.165) is 42.4 Å². The summed E-state index contributed by atoms with van der Waals surface area (Å²) in [5, 5.41) is 25.3. The molecule has 0 radical (unpaired) electrons. The lowest BCUT2D eigenvalue weighted by atomic mass is 9.96. The first kappa shape index (κ1) is 22.2. The SMILES string of the molecule is COc1cc(C(O)C(Cn2cc3nccc(C(=O)O)c3n2)OC2CCCC2)c(C)cc1C. The van der Waals surface area contributed by atoms with Crippen LogP contribution in [0.5, 0.6) is 5.75 Å². The molecule has 170 valence electrons. The van der Waals surface area contributed by atoms with Crippen LogP contribution in [0.2, 0.25) is 0 Å². The minimum absolute atomic E-state index is 0.0833. The third-order valence-electron chi connectivity index (χ3n) is 6.17. The average Bonchev–Trinajstić information content (AvgIpc) is 3.41. The van der Waals surface area contributed by atoms with Crippen LogP contribution in [0.15, 0.2) is 30.6 Å². The molecule has 8 nitrogen and oxygen atoms in total. The Bertz CT molecular complexity index is 1120. The molecular weight excluding hydrogens is 410 g/mol. The van der Waals surface area contributed by atoms with Crippen molar-refractivity contribution in [3.05, 3.63) is 52.8 Å². The molecule has 0 amide bonds. The lowest BCUT2D eigenvalue weighted by Gasteiger charge is -2.28. The smallest absolute Gasteiger partial charge is 0.338 e. The number of carboxylic acids is 1. The Balaban J connectivity index is 1.67. The summed E-state index contributed by atoms with van der Waals surface area (Å²) in [7, 11) is 1.61. The van der Waals surface area contributed by atoms with Crippen molar-refractivity contribution < 1.29 is 24.5 Å². The Morgan fingerprint density at radius 2 is 2.00 bits per heavy atom. The summed E-state index contributed by atoms with van der Waals surface area (Å²) in [6, 6.07) is 5.30. The highest BCUT2D eigenvalue weighted by Gasteiger charge is 2.29. The Kier molecular flexibility index (Phi) is 6.43. The minimum atomic E-state index is -1.05. The second-order valence-corrected chi connectivity index (χ2v) is 8.45. The monoisotopic (exact) mass is 439 g/mol. The predicted octanol–water partition coefficient (Wildman–Crippen LogP) is 3.82. The van der Waals surface area contributed by atoms with Crippen molar-refractivity contribution in [2.75, 3.05) is 7.11 Å². The molecule has 1 fully saturated rings. The summed E-state index contributed by atoms with van der Waals surface area (Å²) in [6.45, 7) is 4.20. The average molecular weight is 440 g/mol. The molecule has 3 aromatic rings. The van der Waals surface area contributed by atoms with Gasteiger partial charge in [-0.15, -0.1) is 0 Å². The lowest BCUT2D eigenvalue weighted by molar-refractivity contribution is -0.0846. The number of hydrogen-bond donors (Lipinski definition) is 2. The summed E-state index contributed by atoms with van der Waals surface area (Å²) in [6.07, 6.45) is 5.93. The van der Waals surface area contributed by atoms with Gasteiger partial charge in [-0.2, -0.15) is 5.10 Å². The number of nitrogens with zero attached hydrogens (tertiary/aromatic N) is 3. The summed E-state index contributed by atoms with van der Waals surface area (Å²) < 4.78 is 13.5. The van der Waals surface area contributed by atoms with Crippen LogP contribution < -0.4 is 4.74 Å². The molecule has 1 aromatic carbocycles. The van der Waals surface area contributed by atoms with E-state index in [1.54, 1.807) is 18.0 Å². The van der Waals surface area contributed by atoms with Crippen molar-refractivity contribution in [2.24, 2.45) is 0 Å². The van der Waals surface area contributed by atoms with E-state index in [4.69, 9.17) is 9.47 Å². The van der Waals surface area contributed by atoms with E-state index in [0.29, 0.717) is 16.8 Å². The van der Waals surface area contributed by atoms with E-state index in [9.17, 15) is 15.0 Å². The highest BCUT2D eigenvalue weighted by Crippen LogP contribution is 2.32. The molecule has 2 aromatic heterocycles. The molecule has 4 rings (SSSR count). The fourth-order valence-corrected chi connectivity index (χ4v) is 4.49. The Labute approximate surface area is 186 Å². The molecule has 0 saturated heterocycles. The number of aliphatic hydroxyl groups excluding tert-OH is 1. The van der Waals surface area contributed by atoms with E-state index in [-0.39, 0.29) is 18.2 Å². The predicted molar refractivity (Wildman–Crippen MR) is 119 cm³/mol. The van der Waals surface area contributed by atoms with Gasteiger partial charge in [-0.1, -0.05) is 18.9 Å². The van der Waals surface area contributed by atoms with Crippen LogP contribution in [-0.4, -0.2) is 50.3 Å². The number of aryl methyl sites for hydroxylation is 2. The second-order valence-electron chi connectivity index (χ2n) is 8.45. The van der Waals surface area contributed by atoms with Crippen molar-refractivity contribution in [1.29, 1.82) is 0 Å². The molecule has 32 heavy (non-hydrogen) atoms. The Morgan fingerprint density at radius 1 is 1.25 bits per heavy atom. The number of fused-ring (bicyclic) bond motifs is 1. The molecular formula is C24H29N3O5. The Morgan fingerprint density at radius 3 is 2.69 bits per heavy atom. The molecule has 0 aliphatic heterocycles. The third-order valence-corrected chi connectivity index (χ3v) is 6.17. The van der Waals surface area contributed by atoms with Gasteiger partial charge in [-0.3, -0.25) is 9.67 Å². The first-order valence-electron chi connectivity index (χ1n) is 10.9. The first-order valence-corrected chi connectivity index (χ1v) is 10.9. The fourth-order valence-electron chi connectivity index (χ4n) is 4.49. The zero-order chi connectivity index (χ0) is 22.8. The summed E-state index contributed by atoms with van der Waals surface area (Å²) in [5.74, 6) is -0.340. The van der Waals surface area contributed by atoms with Gasteiger partial charge in [-0.25, -0.2) is 4.79 Å². The van der Waals surface area contributed by atoms with Gasteiger partial charge in [0.25, 0.3) is 0 Å². The normalized spacial score (nSPS) is 16.4. The lowest BCUT2D eigenvalue weighted by Crippen LogP contribution is -2.31. The number of ether oxygens (including phenoxy) is 2. The van der Waals surface area contributed by atoms with E-state index < -0.39 is 18.2 Å². The van der Waals surface area contributed by atoms with Gasteiger partial charge in [-0.05, 0) is 55.5 Å². The number of aliphatic hydroxyl groups is 1. The molecule has 1 aliphatic rings. The van der Waals surface area contributed by atoms with Gasteiger partial charge < -0.3 is 19.7 Å². The molecule has 2 N–H and O–H groups in total. The van der Waals surface area contributed by atoms with Crippen molar-refractivity contribution in [2.45, 2.75) is 64.4 Å². The van der Waals surface area contributed by atoms with Crippen LogP contribution in [0.25, 0.3) is 11.0 Å². The number of methoxy groups -OCH3 is 1. The summed E-state index contributed by atoms with van der Waals surface area (Å²) in [4.78, 5) is 15.8.